The summed E-state index contributed by atoms with van der Waals surface area (Å²) in [6.07, 6.45) is 0.869. The van der Waals surface area contributed by atoms with Crippen LogP contribution in [0.5, 0.6) is 5.75 Å². The molecule has 0 saturated heterocycles. The quantitative estimate of drug-likeness (QED) is 0.862. The van der Waals surface area contributed by atoms with Gasteiger partial charge in [-0.2, -0.15) is 0 Å². The van der Waals surface area contributed by atoms with Crippen LogP contribution >= 0.6 is 15.9 Å². The Morgan fingerprint density at radius 2 is 1.88 bits per heavy atom. The number of aliphatic imine (C=N–C) groups is 2. The highest BCUT2D eigenvalue weighted by Crippen LogP contribution is 2.40. The molecular formula is C19H20BrN3O. The van der Waals surface area contributed by atoms with E-state index in [1.807, 2.05) is 43.3 Å². The molecule has 4 nitrogen and oxygen atoms in total. The van der Waals surface area contributed by atoms with Crippen LogP contribution in [0.25, 0.3) is 0 Å². The third kappa shape index (κ3) is 2.73. The van der Waals surface area contributed by atoms with Crippen molar-refractivity contribution < 1.29 is 4.74 Å². The van der Waals surface area contributed by atoms with E-state index in [9.17, 15) is 0 Å². The maximum atomic E-state index is 6.08. The average molecular weight is 386 g/mol. The summed E-state index contributed by atoms with van der Waals surface area (Å²) in [5.74, 6) is 1.35. The SMILES string of the molecule is CCc1cc(C2(c3cccc(Br)c3)N=C(C)C(N)=N2)ccc1OC. The van der Waals surface area contributed by atoms with Crippen LogP contribution in [0.4, 0.5) is 0 Å². The molecule has 2 aromatic carbocycles. The normalized spacial score (nSPS) is 19.8. The molecule has 3 rings (SSSR count). The molecular weight excluding hydrogens is 366 g/mol. The summed E-state index contributed by atoms with van der Waals surface area (Å²) in [5.41, 5.74) is 9.07. The Kier molecular flexibility index (Phi) is 4.45. The fraction of sp³-hybridized carbons (Fsp3) is 0.263. The second kappa shape index (κ2) is 6.40. The number of methoxy groups -OCH3 is 1. The van der Waals surface area contributed by atoms with Crippen LogP contribution in [0.1, 0.15) is 30.5 Å². The van der Waals surface area contributed by atoms with Gasteiger partial charge in [0.05, 0.1) is 12.8 Å². The monoisotopic (exact) mass is 385 g/mol. The molecule has 0 spiro atoms. The lowest BCUT2D eigenvalue weighted by Gasteiger charge is -2.25. The second-order valence-electron chi connectivity index (χ2n) is 5.76. The van der Waals surface area contributed by atoms with Crippen molar-refractivity contribution in [3.63, 3.8) is 0 Å². The molecule has 0 radical (unpaired) electrons. The number of hydrogen-bond donors (Lipinski definition) is 1. The number of benzene rings is 2. The molecule has 0 bridgehead atoms. The van der Waals surface area contributed by atoms with Crippen LogP contribution < -0.4 is 10.5 Å². The summed E-state index contributed by atoms with van der Waals surface area (Å²) < 4.78 is 6.43. The summed E-state index contributed by atoms with van der Waals surface area (Å²) in [7, 11) is 1.69. The Morgan fingerprint density at radius 3 is 2.46 bits per heavy atom. The van der Waals surface area contributed by atoms with Crippen LogP contribution in [-0.4, -0.2) is 18.7 Å². The van der Waals surface area contributed by atoms with Crippen LogP contribution in [0.3, 0.4) is 0 Å². The van der Waals surface area contributed by atoms with E-state index in [0.717, 1.165) is 39.0 Å². The molecule has 0 saturated carbocycles. The predicted octanol–water partition coefficient (Wildman–Crippen LogP) is 4.05. The first-order chi connectivity index (χ1) is 11.5. The molecule has 0 fully saturated rings. The van der Waals surface area contributed by atoms with Gasteiger partial charge in [-0.25, -0.2) is 9.98 Å². The highest BCUT2D eigenvalue weighted by Gasteiger charge is 2.38. The molecule has 0 aromatic heterocycles. The van der Waals surface area contributed by atoms with E-state index < -0.39 is 5.66 Å². The van der Waals surface area contributed by atoms with Crippen molar-refractivity contribution in [2.45, 2.75) is 25.9 Å². The number of hydrogen-bond acceptors (Lipinski definition) is 4. The average Bonchev–Trinajstić information content (AvgIpc) is 2.90. The molecule has 124 valence electrons. The summed E-state index contributed by atoms with van der Waals surface area (Å²) in [4.78, 5) is 9.58. The van der Waals surface area contributed by atoms with Crippen molar-refractivity contribution in [2.24, 2.45) is 15.7 Å². The van der Waals surface area contributed by atoms with E-state index in [2.05, 4.69) is 28.9 Å². The Bertz CT molecular complexity index is 824. The molecule has 0 amide bonds. The minimum Gasteiger partial charge on any atom is -0.496 e. The molecule has 1 aliphatic rings. The smallest absolute Gasteiger partial charge is 0.204 e. The molecule has 5 heteroatoms. The first-order valence-corrected chi connectivity index (χ1v) is 8.65. The van der Waals surface area contributed by atoms with Gasteiger partial charge >= 0.3 is 0 Å². The van der Waals surface area contributed by atoms with Gasteiger partial charge in [-0.15, -0.1) is 0 Å². The zero-order valence-corrected chi connectivity index (χ0v) is 15.6. The van der Waals surface area contributed by atoms with Gasteiger partial charge in [0.15, 0.2) is 0 Å². The van der Waals surface area contributed by atoms with Gasteiger partial charge in [-0.1, -0.05) is 41.1 Å². The van der Waals surface area contributed by atoms with Gasteiger partial charge in [-0.05, 0) is 43.2 Å². The maximum Gasteiger partial charge on any atom is 0.204 e. The van der Waals surface area contributed by atoms with Gasteiger partial charge in [0, 0.05) is 15.6 Å². The summed E-state index contributed by atoms with van der Waals surface area (Å²) in [6.45, 7) is 4.00. The third-order valence-electron chi connectivity index (χ3n) is 4.27. The van der Waals surface area contributed by atoms with Gasteiger partial charge in [0.25, 0.3) is 0 Å². The number of aryl methyl sites for hydroxylation is 1. The zero-order valence-electron chi connectivity index (χ0n) is 14.0. The Balaban J connectivity index is 2.25. The van der Waals surface area contributed by atoms with Crippen molar-refractivity contribution >= 4 is 27.5 Å². The highest BCUT2D eigenvalue weighted by atomic mass is 79.9. The van der Waals surface area contributed by atoms with Gasteiger partial charge in [-0.3, -0.25) is 0 Å². The van der Waals surface area contributed by atoms with Crippen LogP contribution in [0.2, 0.25) is 0 Å². The van der Waals surface area contributed by atoms with E-state index in [0.29, 0.717) is 5.84 Å². The van der Waals surface area contributed by atoms with E-state index in [1.54, 1.807) is 7.11 Å². The van der Waals surface area contributed by atoms with E-state index >= 15 is 0 Å². The lowest BCUT2D eigenvalue weighted by atomic mass is 9.90. The van der Waals surface area contributed by atoms with Gasteiger partial charge in [0.1, 0.15) is 11.6 Å². The third-order valence-corrected chi connectivity index (χ3v) is 4.77. The van der Waals surface area contributed by atoms with Crippen molar-refractivity contribution in [3.8, 4) is 5.75 Å². The minimum atomic E-state index is -0.839. The minimum absolute atomic E-state index is 0.476. The summed E-state index contributed by atoms with van der Waals surface area (Å²) >= 11 is 3.54. The van der Waals surface area contributed by atoms with E-state index in [1.165, 1.54) is 0 Å². The molecule has 1 unspecified atom stereocenters. The molecule has 24 heavy (non-hydrogen) atoms. The Labute approximate surface area is 150 Å². The van der Waals surface area contributed by atoms with Crippen LogP contribution in [0.15, 0.2) is 56.9 Å². The molecule has 2 N–H and O–H groups in total. The van der Waals surface area contributed by atoms with Crippen molar-refractivity contribution in [1.29, 1.82) is 0 Å². The molecule has 0 aliphatic carbocycles. The largest absolute Gasteiger partial charge is 0.496 e. The van der Waals surface area contributed by atoms with E-state index in [4.69, 9.17) is 20.5 Å². The van der Waals surface area contributed by atoms with Crippen LogP contribution in [0, 0.1) is 0 Å². The predicted molar refractivity (Wildman–Crippen MR) is 102 cm³/mol. The Morgan fingerprint density at radius 1 is 1.12 bits per heavy atom. The number of amidine groups is 1. The maximum absolute atomic E-state index is 6.08. The topological polar surface area (TPSA) is 60.0 Å². The van der Waals surface area contributed by atoms with Crippen LogP contribution in [-0.2, 0) is 12.1 Å². The lowest BCUT2D eigenvalue weighted by molar-refractivity contribution is 0.409. The standard InChI is InChI=1S/C19H20BrN3O/c1-4-13-10-15(8-9-17(13)24-3)19(22-12(2)18(21)23-19)14-6-5-7-16(20)11-14/h5-11H,4H2,1-3H3,(H2,21,23). The summed E-state index contributed by atoms with van der Waals surface area (Å²) in [5, 5.41) is 0. The number of halogens is 1. The fourth-order valence-corrected chi connectivity index (χ4v) is 3.38. The highest BCUT2D eigenvalue weighted by molar-refractivity contribution is 9.10. The second-order valence-corrected chi connectivity index (χ2v) is 6.67. The first kappa shape index (κ1) is 16.7. The molecule has 1 heterocycles. The molecule has 1 aliphatic heterocycles. The van der Waals surface area contributed by atoms with Crippen molar-refractivity contribution in [1.82, 2.24) is 0 Å². The number of rotatable bonds is 4. The van der Waals surface area contributed by atoms with Crippen molar-refractivity contribution in [2.75, 3.05) is 7.11 Å². The Hall–Kier alpha value is -2.14. The number of nitrogens with two attached hydrogens (primary N) is 1. The zero-order chi connectivity index (χ0) is 17.3. The molecule has 2 aromatic rings. The fourth-order valence-electron chi connectivity index (χ4n) is 2.98. The summed E-state index contributed by atoms with van der Waals surface area (Å²) in [6, 6.07) is 14.1. The number of ether oxygens (including phenoxy) is 1. The first-order valence-electron chi connectivity index (χ1n) is 7.85. The molecule has 1 atom stereocenters. The van der Waals surface area contributed by atoms with E-state index in [-0.39, 0.29) is 0 Å². The number of nitrogens with zero attached hydrogens (tertiary/aromatic N) is 2. The lowest BCUT2D eigenvalue weighted by Crippen LogP contribution is -2.22. The van der Waals surface area contributed by atoms with Gasteiger partial charge in [0.2, 0.25) is 5.66 Å². The van der Waals surface area contributed by atoms with Crippen molar-refractivity contribution in [3.05, 3.63) is 63.6 Å². The van der Waals surface area contributed by atoms with Gasteiger partial charge < -0.3 is 10.5 Å².